The molecule has 0 spiro atoms. The molecule has 0 aromatic heterocycles. The van der Waals surface area contributed by atoms with Crippen LogP contribution in [0.15, 0.2) is 22.7 Å². The first-order chi connectivity index (χ1) is 8.20. The standard InChI is InChI=1S/C13H14BrClN2/c14-11-4-5-12(15)10(6-11)8-17-13-3-1-2-9(13)7-16/h4-6,9,13,17H,1-3,8H2. The van der Waals surface area contributed by atoms with E-state index in [1.807, 2.05) is 18.2 Å². The quantitative estimate of drug-likeness (QED) is 0.919. The van der Waals surface area contributed by atoms with Crippen LogP contribution in [0.2, 0.25) is 5.02 Å². The van der Waals surface area contributed by atoms with Crippen molar-refractivity contribution < 1.29 is 0 Å². The summed E-state index contributed by atoms with van der Waals surface area (Å²) >= 11 is 9.56. The van der Waals surface area contributed by atoms with E-state index in [0.29, 0.717) is 6.04 Å². The van der Waals surface area contributed by atoms with E-state index in [0.717, 1.165) is 40.9 Å². The Labute approximate surface area is 115 Å². The molecule has 0 radical (unpaired) electrons. The fraction of sp³-hybridized carbons (Fsp3) is 0.462. The first-order valence-electron chi connectivity index (χ1n) is 5.77. The van der Waals surface area contributed by atoms with Crippen molar-refractivity contribution >= 4 is 27.5 Å². The Balaban J connectivity index is 1.98. The Hall–Kier alpha value is -0.560. The Kier molecular flexibility index (Phi) is 4.44. The Bertz CT molecular complexity index is 442. The molecule has 1 saturated carbocycles. The molecule has 17 heavy (non-hydrogen) atoms. The monoisotopic (exact) mass is 312 g/mol. The number of benzene rings is 1. The first-order valence-corrected chi connectivity index (χ1v) is 6.94. The lowest BCUT2D eigenvalue weighted by molar-refractivity contribution is 0.464. The van der Waals surface area contributed by atoms with Crippen LogP contribution in [0.5, 0.6) is 0 Å². The second-order valence-electron chi connectivity index (χ2n) is 4.39. The molecule has 0 saturated heterocycles. The summed E-state index contributed by atoms with van der Waals surface area (Å²) < 4.78 is 1.03. The van der Waals surface area contributed by atoms with Gasteiger partial charge in [-0.3, -0.25) is 0 Å². The summed E-state index contributed by atoms with van der Waals surface area (Å²) in [5.41, 5.74) is 1.07. The molecule has 2 rings (SSSR count). The maximum absolute atomic E-state index is 9.01. The van der Waals surface area contributed by atoms with Crippen molar-refractivity contribution in [1.29, 1.82) is 5.26 Å². The van der Waals surface area contributed by atoms with Gasteiger partial charge in [-0.05, 0) is 36.6 Å². The third-order valence-electron chi connectivity index (χ3n) is 3.24. The van der Waals surface area contributed by atoms with E-state index >= 15 is 0 Å². The molecule has 2 unspecified atom stereocenters. The molecule has 1 aliphatic rings. The van der Waals surface area contributed by atoms with Gasteiger partial charge in [0, 0.05) is 22.1 Å². The number of rotatable bonds is 3. The third kappa shape index (κ3) is 3.22. The van der Waals surface area contributed by atoms with E-state index in [2.05, 4.69) is 27.3 Å². The largest absolute Gasteiger partial charge is 0.309 e. The number of hydrogen-bond donors (Lipinski definition) is 1. The molecule has 2 atom stereocenters. The summed E-state index contributed by atoms with van der Waals surface area (Å²) in [6, 6.07) is 8.52. The molecule has 1 aromatic rings. The highest BCUT2D eigenvalue weighted by molar-refractivity contribution is 9.10. The highest BCUT2D eigenvalue weighted by Crippen LogP contribution is 2.26. The van der Waals surface area contributed by atoms with Gasteiger partial charge in [-0.15, -0.1) is 0 Å². The summed E-state index contributed by atoms with van der Waals surface area (Å²) in [5, 5.41) is 13.2. The molecule has 90 valence electrons. The van der Waals surface area contributed by atoms with Crippen LogP contribution in [0.3, 0.4) is 0 Å². The van der Waals surface area contributed by atoms with Crippen molar-refractivity contribution in [2.24, 2.45) is 5.92 Å². The zero-order valence-corrected chi connectivity index (χ0v) is 11.8. The van der Waals surface area contributed by atoms with Crippen molar-refractivity contribution in [3.63, 3.8) is 0 Å². The summed E-state index contributed by atoms with van der Waals surface area (Å²) in [6.45, 7) is 0.723. The average Bonchev–Trinajstić information content (AvgIpc) is 2.77. The van der Waals surface area contributed by atoms with Crippen LogP contribution in [0, 0.1) is 17.2 Å². The van der Waals surface area contributed by atoms with Gasteiger partial charge in [0.05, 0.1) is 12.0 Å². The van der Waals surface area contributed by atoms with Crippen LogP contribution in [-0.2, 0) is 6.54 Å². The van der Waals surface area contributed by atoms with Crippen molar-refractivity contribution in [2.75, 3.05) is 0 Å². The van der Waals surface area contributed by atoms with Crippen LogP contribution in [0.25, 0.3) is 0 Å². The van der Waals surface area contributed by atoms with E-state index < -0.39 is 0 Å². The highest BCUT2D eigenvalue weighted by Gasteiger charge is 2.26. The number of nitrogens with zero attached hydrogens (tertiary/aromatic N) is 1. The maximum atomic E-state index is 9.01. The van der Waals surface area contributed by atoms with Crippen LogP contribution >= 0.6 is 27.5 Å². The van der Waals surface area contributed by atoms with Gasteiger partial charge in [-0.2, -0.15) is 5.26 Å². The minimum atomic E-state index is 0.154. The molecular weight excluding hydrogens is 300 g/mol. The predicted molar refractivity (Wildman–Crippen MR) is 72.7 cm³/mol. The molecule has 1 N–H and O–H groups in total. The van der Waals surface area contributed by atoms with Gasteiger partial charge in [-0.25, -0.2) is 0 Å². The van der Waals surface area contributed by atoms with Crippen LogP contribution in [-0.4, -0.2) is 6.04 Å². The number of halogens is 2. The van der Waals surface area contributed by atoms with Crippen molar-refractivity contribution in [3.05, 3.63) is 33.3 Å². The van der Waals surface area contributed by atoms with E-state index in [-0.39, 0.29) is 5.92 Å². The Morgan fingerprint density at radius 3 is 3.06 bits per heavy atom. The molecule has 1 fully saturated rings. The van der Waals surface area contributed by atoms with Crippen molar-refractivity contribution in [2.45, 2.75) is 31.8 Å². The second kappa shape index (κ2) is 5.86. The van der Waals surface area contributed by atoms with Crippen LogP contribution < -0.4 is 5.32 Å². The maximum Gasteiger partial charge on any atom is 0.0672 e. The fourth-order valence-corrected chi connectivity index (χ4v) is 2.87. The van der Waals surface area contributed by atoms with Crippen molar-refractivity contribution in [3.8, 4) is 6.07 Å². The summed E-state index contributed by atoms with van der Waals surface area (Å²) in [6.07, 6.45) is 3.24. The van der Waals surface area contributed by atoms with Gasteiger partial charge in [0.25, 0.3) is 0 Å². The van der Waals surface area contributed by atoms with E-state index in [1.165, 1.54) is 0 Å². The lowest BCUT2D eigenvalue weighted by Gasteiger charge is -2.16. The van der Waals surface area contributed by atoms with Gasteiger partial charge in [0.2, 0.25) is 0 Å². The topological polar surface area (TPSA) is 35.8 Å². The molecule has 0 aliphatic heterocycles. The molecule has 0 bridgehead atoms. The average molecular weight is 314 g/mol. The Morgan fingerprint density at radius 2 is 2.29 bits per heavy atom. The molecule has 1 aliphatic carbocycles. The summed E-state index contributed by atoms with van der Waals surface area (Å²) in [7, 11) is 0. The molecule has 2 nitrogen and oxygen atoms in total. The van der Waals surface area contributed by atoms with Crippen LogP contribution in [0.4, 0.5) is 0 Å². The molecule has 0 amide bonds. The third-order valence-corrected chi connectivity index (χ3v) is 4.11. The van der Waals surface area contributed by atoms with E-state index in [1.54, 1.807) is 0 Å². The number of nitrogens with one attached hydrogen (secondary N) is 1. The number of hydrogen-bond acceptors (Lipinski definition) is 2. The molecule has 4 heteroatoms. The van der Waals surface area contributed by atoms with Gasteiger partial charge in [-0.1, -0.05) is 34.0 Å². The second-order valence-corrected chi connectivity index (χ2v) is 5.71. The molecule has 0 heterocycles. The minimum Gasteiger partial charge on any atom is -0.309 e. The van der Waals surface area contributed by atoms with E-state index in [4.69, 9.17) is 16.9 Å². The predicted octanol–water partition coefficient (Wildman–Crippen LogP) is 3.88. The van der Waals surface area contributed by atoms with E-state index in [9.17, 15) is 0 Å². The zero-order valence-electron chi connectivity index (χ0n) is 9.42. The SMILES string of the molecule is N#CC1CCCC1NCc1cc(Br)ccc1Cl. The van der Waals surface area contributed by atoms with Crippen molar-refractivity contribution in [1.82, 2.24) is 5.32 Å². The van der Waals surface area contributed by atoms with Crippen LogP contribution in [0.1, 0.15) is 24.8 Å². The smallest absolute Gasteiger partial charge is 0.0672 e. The first kappa shape index (κ1) is 12.9. The molecular formula is C13H14BrClN2. The van der Waals surface area contributed by atoms with Gasteiger partial charge in [0.15, 0.2) is 0 Å². The zero-order chi connectivity index (χ0) is 12.3. The Morgan fingerprint density at radius 1 is 1.47 bits per heavy atom. The van der Waals surface area contributed by atoms with Gasteiger partial charge in [0.1, 0.15) is 0 Å². The lowest BCUT2D eigenvalue weighted by Crippen LogP contribution is -2.31. The fourth-order valence-electron chi connectivity index (χ4n) is 2.28. The number of nitriles is 1. The van der Waals surface area contributed by atoms with Gasteiger partial charge < -0.3 is 5.32 Å². The lowest BCUT2D eigenvalue weighted by atomic mass is 10.1. The summed E-state index contributed by atoms with van der Waals surface area (Å²) in [4.78, 5) is 0. The highest BCUT2D eigenvalue weighted by atomic mass is 79.9. The van der Waals surface area contributed by atoms with Gasteiger partial charge >= 0.3 is 0 Å². The minimum absolute atomic E-state index is 0.154. The molecule has 1 aromatic carbocycles. The summed E-state index contributed by atoms with van der Waals surface area (Å²) in [5.74, 6) is 0.154. The normalized spacial score (nSPS) is 23.6.